The molecule has 0 aromatic rings. The molecule has 21 heavy (non-hydrogen) atoms. The number of hydrogen-bond acceptors (Lipinski definition) is 11. The Morgan fingerprint density at radius 1 is 0.571 bits per heavy atom. The maximum absolute atomic E-state index is 9.19. The summed E-state index contributed by atoms with van der Waals surface area (Å²) in [5, 5.41) is 0. The van der Waals surface area contributed by atoms with E-state index in [1.54, 1.807) is 0 Å². The van der Waals surface area contributed by atoms with E-state index in [9.17, 15) is 8.42 Å². The maximum atomic E-state index is 9.19. The van der Waals surface area contributed by atoms with Crippen LogP contribution in [0.3, 0.4) is 0 Å². The van der Waals surface area contributed by atoms with E-state index in [1.165, 1.54) is 0 Å². The molecule has 0 bridgehead atoms. The summed E-state index contributed by atoms with van der Waals surface area (Å²) < 4.78 is 108. The van der Waals surface area contributed by atoms with Gasteiger partial charge in [-0.1, -0.05) is 0 Å². The fraction of sp³-hybridized carbons (Fsp3) is 1.00. The van der Waals surface area contributed by atoms with E-state index in [1.807, 2.05) is 0 Å². The Labute approximate surface area is 143 Å². The Morgan fingerprint density at radius 3 is 0.571 bits per heavy atom. The third-order valence-corrected chi connectivity index (χ3v) is 0. The van der Waals surface area contributed by atoms with Gasteiger partial charge in [-0.05, 0) is 0 Å². The monoisotopic (exact) mass is 590 g/mol. The summed E-state index contributed by atoms with van der Waals surface area (Å²) in [7, 11) is -15.4. The first-order chi connectivity index (χ1) is 8.00. The van der Waals surface area contributed by atoms with Gasteiger partial charge in [-0.2, -0.15) is 8.42 Å². The van der Waals surface area contributed by atoms with Gasteiger partial charge in [-0.15, -0.1) is 0 Å². The van der Waals surface area contributed by atoms with E-state index < -0.39 is 40.5 Å². The topological polar surface area (TPSA) is 226 Å². The van der Waals surface area contributed by atoms with Gasteiger partial charge in [0.1, 0.15) is 0 Å². The van der Waals surface area contributed by atoms with Gasteiger partial charge in [0.2, 0.25) is 0 Å². The SMILES string of the molecule is CS(=O)(=O)O.CS(=O)(=O)[O-].CS(=O)(=O)[O-].CS(=O)(=O)[O-].[Bi+3]. The maximum Gasteiger partial charge on any atom is 3.00 e. The summed E-state index contributed by atoms with van der Waals surface area (Å²) in [4.78, 5) is 0. The summed E-state index contributed by atoms with van der Waals surface area (Å²) in [6.45, 7) is 0. The van der Waals surface area contributed by atoms with Gasteiger partial charge in [0.15, 0.2) is 0 Å². The normalized spacial score (nSPS) is 11.0. The van der Waals surface area contributed by atoms with Crippen molar-refractivity contribution in [1.29, 1.82) is 0 Å². The van der Waals surface area contributed by atoms with Crippen molar-refractivity contribution in [2.75, 3.05) is 25.0 Å². The first kappa shape index (κ1) is 33.2. The zero-order chi connectivity index (χ0) is 18.0. The van der Waals surface area contributed by atoms with Crippen LogP contribution < -0.4 is 0 Å². The molecule has 17 heteroatoms. The van der Waals surface area contributed by atoms with Crippen LogP contribution in [0.5, 0.6) is 0 Å². The standard InChI is InChI=1S/4CH4O3S.Bi/c4*1-5(2,3)4;/h4*1H3,(H,2,3,4);/q;;;;+3/p-3. The van der Waals surface area contributed by atoms with E-state index >= 15 is 0 Å². The van der Waals surface area contributed by atoms with E-state index in [2.05, 4.69) is 0 Å². The Morgan fingerprint density at radius 2 is 0.571 bits per heavy atom. The third kappa shape index (κ3) is 25700. The Balaban J connectivity index is -0.0000000533. The molecule has 0 aliphatic heterocycles. The van der Waals surface area contributed by atoms with Crippen molar-refractivity contribution >= 4 is 66.7 Å². The summed E-state index contributed by atoms with van der Waals surface area (Å²) >= 11 is 0. The minimum Gasteiger partial charge on any atom is -0.748 e. The molecule has 0 aromatic heterocycles. The molecular formula is C4H13BiO12S4. The molecule has 1 N–H and O–H groups in total. The van der Waals surface area contributed by atoms with Gasteiger partial charge in [0, 0.05) is 18.8 Å². The largest absolute Gasteiger partial charge is 3.00 e. The van der Waals surface area contributed by atoms with E-state index in [-0.39, 0.29) is 26.2 Å². The summed E-state index contributed by atoms with van der Waals surface area (Å²) in [6, 6.07) is 0. The molecule has 0 rings (SSSR count). The van der Waals surface area contributed by atoms with Crippen molar-refractivity contribution in [1.82, 2.24) is 0 Å². The molecule has 0 amide bonds. The molecular weight excluding hydrogens is 577 g/mol. The van der Waals surface area contributed by atoms with Crippen LogP contribution in [0.1, 0.15) is 0 Å². The van der Waals surface area contributed by atoms with Crippen LogP contribution in [0.15, 0.2) is 0 Å². The number of rotatable bonds is 0. The fourth-order valence-electron chi connectivity index (χ4n) is 0. The first-order valence-electron chi connectivity index (χ1n) is 3.65. The minimum absolute atomic E-state index is 0. The van der Waals surface area contributed by atoms with Crippen molar-refractivity contribution in [3.8, 4) is 0 Å². The van der Waals surface area contributed by atoms with Crippen LogP contribution in [0.25, 0.3) is 0 Å². The van der Waals surface area contributed by atoms with E-state index in [0.29, 0.717) is 25.0 Å². The molecule has 12 nitrogen and oxygen atoms in total. The fourth-order valence-corrected chi connectivity index (χ4v) is 0. The minimum atomic E-state index is -3.92. The van der Waals surface area contributed by atoms with Gasteiger partial charge in [-0.25, -0.2) is 25.3 Å². The third-order valence-electron chi connectivity index (χ3n) is 0. The first-order valence-corrected chi connectivity index (χ1v) is 10.9. The molecule has 2 radical (unpaired) electrons. The van der Waals surface area contributed by atoms with Crippen LogP contribution in [-0.4, -0.2) is 103 Å². The molecule has 0 heterocycles. The zero-order valence-electron chi connectivity index (χ0n) is 11.0. The molecule has 0 saturated carbocycles. The molecule has 0 aliphatic carbocycles. The van der Waals surface area contributed by atoms with Crippen molar-refractivity contribution in [3.05, 3.63) is 0 Å². The van der Waals surface area contributed by atoms with Crippen molar-refractivity contribution < 1.29 is 51.9 Å². The van der Waals surface area contributed by atoms with Gasteiger partial charge in [0.05, 0.1) is 36.6 Å². The molecule has 0 aliphatic rings. The average Bonchev–Trinajstić information content (AvgIpc) is 1.62. The van der Waals surface area contributed by atoms with Crippen LogP contribution in [0.4, 0.5) is 0 Å². The molecule has 0 atom stereocenters. The van der Waals surface area contributed by atoms with Gasteiger partial charge >= 0.3 is 26.2 Å². The molecule has 0 saturated heterocycles. The molecule has 0 aromatic carbocycles. The predicted octanol–water partition coefficient (Wildman–Crippen LogP) is -3.39. The summed E-state index contributed by atoms with van der Waals surface area (Å²) in [5.74, 6) is 0. The molecule has 0 spiro atoms. The smallest absolute Gasteiger partial charge is 0.748 e. The van der Waals surface area contributed by atoms with Crippen molar-refractivity contribution in [2.45, 2.75) is 0 Å². The van der Waals surface area contributed by atoms with Gasteiger partial charge in [0.25, 0.3) is 10.1 Å². The van der Waals surface area contributed by atoms with Crippen molar-refractivity contribution in [3.63, 3.8) is 0 Å². The van der Waals surface area contributed by atoms with Crippen LogP contribution in [0, 0.1) is 0 Å². The molecule has 0 fully saturated rings. The van der Waals surface area contributed by atoms with Crippen LogP contribution in [-0.2, 0) is 40.5 Å². The predicted molar refractivity (Wildman–Crippen MR) is 70.1 cm³/mol. The molecule has 0 unspecified atom stereocenters. The number of hydrogen-bond donors (Lipinski definition) is 1. The second kappa shape index (κ2) is 13.0. The second-order valence-corrected chi connectivity index (χ2v) is 8.54. The average molecular weight is 590 g/mol. The quantitative estimate of drug-likeness (QED) is 0.215. The Bertz CT molecular complexity index is 486. The van der Waals surface area contributed by atoms with Gasteiger partial charge < -0.3 is 13.7 Å². The van der Waals surface area contributed by atoms with Crippen LogP contribution in [0.2, 0.25) is 0 Å². The molecule has 130 valence electrons. The Hall–Kier alpha value is 0.523. The van der Waals surface area contributed by atoms with E-state index in [0.717, 1.165) is 0 Å². The summed E-state index contributed by atoms with van der Waals surface area (Å²) in [6.07, 6.45) is 2.53. The zero-order valence-corrected chi connectivity index (χ0v) is 17.8. The van der Waals surface area contributed by atoms with E-state index in [4.69, 9.17) is 43.5 Å². The van der Waals surface area contributed by atoms with Crippen molar-refractivity contribution in [2.24, 2.45) is 0 Å². The summed E-state index contributed by atoms with van der Waals surface area (Å²) in [5.41, 5.74) is 0. The van der Waals surface area contributed by atoms with Gasteiger partial charge in [-0.3, -0.25) is 4.55 Å². The van der Waals surface area contributed by atoms with Crippen LogP contribution >= 0.6 is 0 Å². The second-order valence-electron chi connectivity index (χ2n) is 2.85. The Kier molecular flexibility index (Phi) is 20.6.